The highest BCUT2D eigenvalue weighted by atomic mass is 79.9. The van der Waals surface area contributed by atoms with Gasteiger partial charge in [0.15, 0.2) is 0 Å². The van der Waals surface area contributed by atoms with Crippen LogP contribution in [-0.4, -0.2) is 23.4 Å². The van der Waals surface area contributed by atoms with E-state index in [4.69, 9.17) is 4.74 Å². The van der Waals surface area contributed by atoms with Crippen molar-refractivity contribution >= 4 is 44.7 Å². The highest BCUT2D eigenvalue weighted by Crippen LogP contribution is 2.28. The molecule has 1 heterocycles. The number of benzene rings is 3. The number of halogens is 1. The first-order valence-electron chi connectivity index (χ1n) is 9.40. The smallest absolute Gasteiger partial charge is 0.329 e. The van der Waals surface area contributed by atoms with Gasteiger partial charge in [-0.3, -0.25) is 9.69 Å². The van der Waals surface area contributed by atoms with E-state index >= 15 is 0 Å². The van der Waals surface area contributed by atoms with Gasteiger partial charge >= 0.3 is 6.03 Å². The van der Waals surface area contributed by atoms with Crippen molar-refractivity contribution in [2.75, 3.05) is 6.54 Å². The number of amides is 3. The molecule has 1 aliphatic heterocycles. The van der Waals surface area contributed by atoms with Crippen LogP contribution in [0.15, 0.2) is 83.5 Å². The number of carbonyl (C=O) groups excluding carboxylic acids is 2. The Kier molecular flexibility index (Phi) is 5.68. The molecule has 0 radical (unpaired) electrons. The second-order valence-electron chi connectivity index (χ2n) is 6.84. The van der Waals surface area contributed by atoms with Crippen molar-refractivity contribution in [1.29, 1.82) is 0 Å². The van der Waals surface area contributed by atoms with E-state index in [0.717, 1.165) is 20.3 Å². The average Bonchev–Trinajstić information content (AvgIpc) is 3.01. The molecular weight excluding hydrogens is 444 g/mol. The topological polar surface area (TPSA) is 58.6 Å². The molecule has 150 valence electrons. The van der Waals surface area contributed by atoms with E-state index in [9.17, 15) is 9.59 Å². The molecular formula is C24H19BrN2O3. The van der Waals surface area contributed by atoms with Crippen LogP contribution in [0.3, 0.4) is 0 Å². The Hall–Kier alpha value is -3.38. The fourth-order valence-electron chi connectivity index (χ4n) is 3.28. The Labute approximate surface area is 182 Å². The molecule has 3 amide bonds. The maximum Gasteiger partial charge on any atom is 0.329 e. The summed E-state index contributed by atoms with van der Waals surface area (Å²) < 4.78 is 6.89. The highest BCUT2D eigenvalue weighted by molar-refractivity contribution is 9.10. The average molecular weight is 463 g/mol. The predicted octanol–water partition coefficient (Wildman–Crippen LogP) is 5.26. The minimum atomic E-state index is -0.459. The quantitative estimate of drug-likeness (QED) is 0.308. The molecule has 4 rings (SSSR count). The number of rotatable bonds is 6. The van der Waals surface area contributed by atoms with Crippen molar-refractivity contribution in [3.05, 3.63) is 94.6 Å². The first kappa shape index (κ1) is 19.9. The van der Waals surface area contributed by atoms with E-state index in [1.165, 1.54) is 11.5 Å². The van der Waals surface area contributed by atoms with Gasteiger partial charge in [-0.1, -0.05) is 58.4 Å². The van der Waals surface area contributed by atoms with Crippen LogP contribution >= 0.6 is 15.9 Å². The monoisotopic (exact) mass is 462 g/mol. The molecule has 0 atom stereocenters. The number of urea groups is 1. The number of hydrogen-bond acceptors (Lipinski definition) is 3. The summed E-state index contributed by atoms with van der Waals surface area (Å²) in [5, 5.41) is 4.93. The molecule has 5 nitrogen and oxygen atoms in total. The van der Waals surface area contributed by atoms with Crippen molar-refractivity contribution in [3.8, 4) is 5.75 Å². The second-order valence-corrected chi connectivity index (χ2v) is 7.76. The van der Waals surface area contributed by atoms with Gasteiger partial charge in [0.25, 0.3) is 5.91 Å². The number of ether oxygens (including phenoxy) is 1. The fraction of sp³-hybridized carbons (Fsp3) is 0.0833. The molecule has 1 saturated heterocycles. The first-order valence-corrected chi connectivity index (χ1v) is 10.2. The number of imide groups is 1. The Morgan fingerprint density at radius 2 is 1.83 bits per heavy atom. The maximum atomic E-state index is 12.5. The van der Waals surface area contributed by atoms with Gasteiger partial charge in [0.05, 0.1) is 0 Å². The van der Waals surface area contributed by atoms with Gasteiger partial charge in [-0.15, -0.1) is 6.58 Å². The third kappa shape index (κ3) is 4.14. The van der Waals surface area contributed by atoms with E-state index in [1.807, 2.05) is 36.4 Å². The van der Waals surface area contributed by atoms with Gasteiger partial charge in [-0.25, -0.2) is 4.79 Å². The molecule has 6 heteroatoms. The van der Waals surface area contributed by atoms with E-state index in [2.05, 4.69) is 52.1 Å². The number of hydrogen-bond donors (Lipinski definition) is 1. The molecule has 0 saturated carbocycles. The van der Waals surface area contributed by atoms with E-state index < -0.39 is 6.03 Å². The number of carbonyl (C=O) groups is 2. The van der Waals surface area contributed by atoms with E-state index in [1.54, 1.807) is 6.08 Å². The van der Waals surface area contributed by atoms with Crippen molar-refractivity contribution in [2.45, 2.75) is 6.61 Å². The van der Waals surface area contributed by atoms with E-state index in [0.29, 0.717) is 17.9 Å². The molecule has 3 aromatic rings. The molecule has 30 heavy (non-hydrogen) atoms. The molecule has 0 spiro atoms. The standard InChI is InChI=1S/C24H19BrN2O3/c1-2-11-27-23(28)21(26-24(27)29)14-19-13-20(25)9-10-22(19)30-15-16-7-8-17-5-3-4-6-18(17)12-16/h2-10,12-14H,1,11,15H2,(H,26,29)/b21-14+. The maximum absolute atomic E-state index is 12.5. The first-order chi connectivity index (χ1) is 14.5. The summed E-state index contributed by atoms with van der Waals surface area (Å²) in [6, 6.07) is 19.5. The largest absolute Gasteiger partial charge is 0.488 e. The highest BCUT2D eigenvalue weighted by Gasteiger charge is 2.32. The number of nitrogens with zero attached hydrogens (tertiary/aromatic N) is 1. The van der Waals surface area contributed by atoms with Crippen LogP contribution < -0.4 is 10.1 Å². The zero-order chi connectivity index (χ0) is 21.1. The summed E-state index contributed by atoms with van der Waals surface area (Å²) in [5.74, 6) is 0.225. The molecule has 1 aliphatic rings. The minimum Gasteiger partial charge on any atom is -0.488 e. The van der Waals surface area contributed by atoms with Crippen LogP contribution in [0.2, 0.25) is 0 Å². The third-order valence-electron chi connectivity index (χ3n) is 4.75. The van der Waals surface area contributed by atoms with Gasteiger partial charge in [0, 0.05) is 16.6 Å². The van der Waals surface area contributed by atoms with Crippen molar-refractivity contribution < 1.29 is 14.3 Å². The summed E-state index contributed by atoms with van der Waals surface area (Å²) in [4.78, 5) is 25.6. The van der Waals surface area contributed by atoms with Gasteiger partial charge < -0.3 is 10.1 Å². The van der Waals surface area contributed by atoms with Gasteiger partial charge in [-0.05, 0) is 46.7 Å². The molecule has 0 aliphatic carbocycles. The summed E-state index contributed by atoms with van der Waals surface area (Å²) in [5.41, 5.74) is 1.93. The Morgan fingerprint density at radius 3 is 2.63 bits per heavy atom. The second kappa shape index (κ2) is 8.55. The third-order valence-corrected chi connectivity index (χ3v) is 5.25. The van der Waals surface area contributed by atoms with Gasteiger partial charge in [0.1, 0.15) is 18.1 Å². The van der Waals surface area contributed by atoms with Crippen LogP contribution in [0.1, 0.15) is 11.1 Å². The van der Waals surface area contributed by atoms with Crippen molar-refractivity contribution in [3.63, 3.8) is 0 Å². The summed E-state index contributed by atoms with van der Waals surface area (Å²) in [7, 11) is 0. The zero-order valence-electron chi connectivity index (χ0n) is 16.1. The summed E-state index contributed by atoms with van der Waals surface area (Å²) >= 11 is 3.45. The van der Waals surface area contributed by atoms with Crippen LogP contribution in [-0.2, 0) is 11.4 Å². The van der Waals surface area contributed by atoms with Crippen LogP contribution in [0, 0.1) is 0 Å². The predicted molar refractivity (Wildman–Crippen MR) is 121 cm³/mol. The lowest BCUT2D eigenvalue weighted by Crippen LogP contribution is -2.30. The Balaban J connectivity index is 1.58. The van der Waals surface area contributed by atoms with Gasteiger partial charge in [-0.2, -0.15) is 0 Å². The molecule has 1 N–H and O–H groups in total. The summed E-state index contributed by atoms with van der Waals surface area (Å²) in [6.07, 6.45) is 3.14. The summed E-state index contributed by atoms with van der Waals surface area (Å²) in [6.45, 7) is 4.12. The van der Waals surface area contributed by atoms with Crippen LogP contribution in [0.4, 0.5) is 4.79 Å². The molecule has 0 unspecified atom stereocenters. The van der Waals surface area contributed by atoms with Crippen LogP contribution in [0.25, 0.3) is 16.8 Å². The zero-order valence-corrected chi connectivity index (χ0v) is 17.7. The Bertz CT molecular complexity index is 1190. The van der Waals surface area contributed by atoms with Crippen molar-refractivity contribution in [2.24, 2.45) is 0 Å². The fourth-order valence-corrected chi connectivity index (χ4v) is 3.65. The number of nitrogens with one attached hydrogen (secondary N) is 1. The van der Waals surface area contributed by atoms with Crippen LogP contribution in [0.5, 0.6) is 5.75 Å². The van der Waals surface area contributed by atoms with Crippen molar-refractivity contribution in [1.82, 2.24) is 10.2 Å². The lowest BCUT2D eigenvalue weighted by molar-refractivity contribution is -0.122. The number of fused-ring (bicyclic) bond motifs is 1. The molecule has 0 bridgehead atoms. The Morgan fingerprint density at radius 1 is 1.03 bits per heavy atom. The lowest BCUT2D eigenvalue weighted by atomic mass is 10.1. The lowest BCUT2D eigenvalue weighted by Gasteiger charge is -2.11. The molecule has 3 aromatic carbocycles. The van der Waals surface area contributed by atoms with Gasteiger partial charge in [0.2, 0.25) is 0 Å². The normalized spacial score (nSPS) is 15.0. The molecule has 1 fully saturated rings. The SMILES string of the molecule is C=CCN1C(=O)N/C(=C/c2cc(Br)ccc2OCc2ccc3ccccc3c2)C1=O. The minimum absolute atomic E-state index is 0.159. The molecule has 0 aromatic heterocycles. The van der Waals surface area contributed by atoms with E-state index in [-0.39, 0.29) is 18.1 Å².